The van der Waals surface area contributed by atoms with E-state index in [9.17, 15) is 19.2 Å². The van der Waals surface area contributed by atoms with E-state index in [0.717, 1.165) is 9.80 Å². The van der Waals surface area contributed by atoms with E-state index in [4.69, 9.17) is 20.4 Å². The SMILES string of the molecule is O=C(O)CN(CCN(CC(=O)O)CC(=O)O)CC(=O)O.[Cu].[Na+].[Na+]. The number of carbonyl (C=O) groups is 4. The fourth-order valence-corrected chi connectivity index (χ4v) is 1.48. The molecule has 0 bridgehead atoms. The number of nitrogens with zero attached hydrogens (tertiary/aromatic N) is 2. The zero-order valence-corrected chi connectivity index (χ0v) is 17.8. The summed E-state index contributed by atoms with van der Waals surface area (Å²) in [6, 6.07) is 0. The van der Waals surface area contributed by atoms with Crippen LogP contribution in [0, 0.1) is 0 Å². The van der Waals surface area contributed by atoms with Crippen LogP contribution in [0.3, 0.4) is 0 Å². The fourth-order valence-electron chi connectivity index (χ4n) is 1.48. The molecule has 0 aromatic rings. The molecule has 0 aliphatic carbocycles. The quantitative estimate of drug-likeness (QED) is 0.245. The van der Waals surface area contributed by atoms with Crippen molar-refractivity contribution in [3.63, 3.8) is 0 Å². The maximum Gasteiger partial charge on any atom is 1.00 e. The predicted octanol–water partition coefficient (Wildman–Crippen LogP) is -8.07. The molecule has 0 fully saturated rings. The van der Waals surface area contributed by atoms with Gasteiger partial charge >= 0.3 is 83.0 Å². The standard InChI is InChI=1S/C10H16N2O8.Cu.2Na/c13-7(14)3-11(4-8(15)16)1-2-12(5-9(17)18)6-10(19)20;;;/h1-6H2,(H,13,14)(H,15,16)(H,17,18)(H,19,20);;;/q;;2*+1. The van der Waals surface area contributed by atoms with E-state index in [1.807, 2.05) is 0 Å². The Morgan fingerprint density at radius 2 is 0.739 bits per heavy atom. The van der Waals surface area contributed by atoms with Gasteiger partial charge in [-0.05, 0) is 0 Å². The molecule has 1 radical (unpaired) electrons. The number of carboxylic acids is 4. The third-order valence-corrected chi connectivity index (χ3v) is 2.17. The van der Waals surface area contributed by atoms with Gasteiger partial charge in [-0.3, -0.25) is 29.0 Å². The molecular formula is C10H16CuN2Na2O8+2. The Hall–Kier alpha value is 0.319. The topological polar surface area (TPSA) is 156 Å². The molecule has 13 heteroatoms. The van der Waals surface area contributed by atoms with Crippen LogP contribution >= 0.6 is 0 Å². The van der Waals surface area contributed by atoms with Crippen LogP contribution in [0.25, 0.3) is 0 Å². The Bertz CT molecular complexity index is 331. The molecule has 0 saturated heterocycles. The first kappa shape index (κ1) is 31.1. The summed E-state index contributed by atoms with van der Waals surface area (Å²) in [5, 5.41) is 34.5. The Morgan fingerprint density at radius 3 is 0.870 bits per heavy atom. The molecule has 0 rings (SSSR count). The molecule has 10 nitrogen and oxygen atoms in total. The van der Waals surface area contributed by atoms with Crippen molar-refractivity contribution in [3.05, 3.63) is 0 Å². The first-order valence-electron chi connectivity index (χ1n) is 5.52. The summed E-state index contributed by atoms with van der Waals surface area (Å²) in [7, 11) is 0. The summed E-state index contributed by atoms with van der Waals surface area (Å²) < 4.78 is 0. The Labute approximate surface area is 187 Å². The molecule has 0 aliphatic heterocycles. The Balaban J connectivity index is -0.000000602. The van der Waals surface area contributed by atoms with E-state index in [1.54, 1.807) is 0 Å². The normalized spacial score (nSPS) is 9.30. The van der Waals surface area contributed by atoms with Gasteiger partial charge in [-0.15, -0.1) is 0 Å². The summed E-state index contributed by atoms with van der Waals surface area (Å²) in [6.07, 6.45) is 0. The second kappa shape index (κ2) is 17.2. The third-order valence-electron chi connectivity index (χ3n) is 2.17. The van der Waals surface area contributed by atoms with Crippen molar-refractivity contribution in [3.8, 4) is 0 Å². The largest absolute Gasteiger partial charge is 1.00 e. The molecular weight excluding hydrogens is 386 g/mol. The zero-order chi connectivity index (χ0) is 15.7. The van der Waals surface area contributed by atoms with Crippen LogP contribution < -0.4 is 59.1 Å². The molecule has 0 aromatic carbocycles. The van der Waals surface area contributed by atoms with Crippen molar-refractivity contribution in [2.75, 3.05) is 39.3 Å². The minimum Gasteiger partial charge on any atom is -0.480 e. The monoisotopic (exact) mass is 401 g/mol. The van der Waals surface area contributed by atoms with Gasteiger partial charge in [0, 0.05) is 30.2 Å². The third kappa shape index (κ3) is 20.3. The predicted molar refractivity (Wildman–Crippen MR) is 63.4 cm³/mol. The summed E-state index contributed by atoms with van der Waals surface area (Å²) in [6.45, 7) is -2.25. The number of hydrogen-bond acceptors (Lipinski definition) is 6. The van der Waals surface area contributed by atoms with Gasteiger partial charge in [-0.25, -0.2) is 0 Å². The first-order valence-corrected chi connectivity index (χ1v) is 5.52. The Kier molecular flexibility index (Phi) is 23.2. The van der Waals surface area contributed by atoms with Crippen LogP contribution in [-0.4, -0.2) is 93.4 Å². The number of hydrogen-bond donors (Lipinski definition) is 4. The van der Waals surface area contributed by atoms with Crippen LogP contribution in [0.1, 0.15) is 0 Å². The van der Waals surface area contributed by atoms with Gasteiger partial charge in [0.2, 0.25) is 0 Å². The maximum atomic E-state index is 10.6. The second-order valence-corrected chi connectivity index (χ2v) is 4.00. The summed E-state index contributed by atoms with van der Waals surface area (Å²) in [5.74, 6) is -4.91. The van der Waals surface area contributed by atoms with E-state index >= 15 is 0 Å². The van der Waals surface area contributed by atoms with Crippen molar-refractivity contribution in [1.82, 2.24) is 9.80 Å². The van der Waals surface area contributed by atoms with E-state index in [1.165, 1.54) is 0 Å². The summed E-state index contributed by atoms with van der Waals surface area (Å²) in [5.41, 5.74) is 0. The second-order valence-electron chi connectivity index (χ2n) is 4.00. The minimum atomic E-state index is -1.23. The van der Waals surface area contributed by atoms with Crippen molar-refractivity contribution in [2.24, 2.45) is 0 Å². The number of aliphatic carboxylic acids is 4. The van der Waals surface area contributed by atoms with Gasteiger partial charge in [0.05, 0.1) is 26.2 Å². The molecule has 4 N–H and O–H groups in total. The van der Waals surface area contributed by atoms with Crippen LogP contribution in [0.2, 0.25) is 0 Å². The van der Waals surface area contributed by atoms with E-state index in [0.29, 0.717) is 0 Å². The van der Waals surface area contributed by atoms with E-state index in [2.05, 4.69) is 0 Å². The van der Waals surface area contributed by atoms with Gasteiger partial charge in [-0.2, -0.15) is 0 Å². The van der Waals surface area contributed by atoms with Crippen molar-refractivity contribution < 1.29 is 116 Å². The zero-order valence-electron chi connectivity index (χ0n) is 12.9. The number of carboxylic acid groups (broad SMARTS) is 4. The van der Waals surface area contributed by atoms with E-state index < -0.39 is 50.1 Å². The average molecular weight is 402 g/mol. The number of rotatable bonds is 11. The molecule has 0 heterocycles. The van der Waals surface area contributed by atoms with Gasteiger partial charge in [0.25, 0.3) is 0 Å². The molecule has 0 atom stereocenters. The van der Waals surface area contributed by atoms with Crippen LogP contribution in [-0.2, 0) is 36.2 Å². The molecule has 23 heavy (non-hydrogen) atoms. The first-order chi connectivity index (χ1) is 9.20. The molecule has 0 aliphatic rings. The molecule has 0 aromatic heterocycles. The molecule has 0 amide bonds. The van der Waals surface area contributed by atoms with Crippen LogP contribution in [0.4, 0.5) is 0 Å². The summed E-state index contributed by atoms with van der Waals surface area (Å²) >= 11 is 0. The Morgan fingerprint density at radius 1 is 0.565 bits per heavy atom. The van der Waals surface area contributed by atoms with E-state index in [-0.39, 0.29) is 89.3 Å². The van der Waals surface area contributed by atoms with Gasteiger partial charge < -0.3 is 20.4 Å². The van der Waals surface area contributed by atoms with Gasteiger partial charge in [0.15, 0.2) is 0 Å². The van der Waals surface area contributed by atoms with Crippen molar-refractivity contribution in [1.29, 1.82) is 0 Å². The molecule has 0 saturated carbocycles. The summed E-state index contributed by atoms with van der Waals surface area (Å²) in [4.78, 5) is 44.4. The smallest absolute Gasteiger partial charge is 0.480 e. The van der Waals surface area contributed by atoms with Crippen molar-refractivity contribution in [2.45, 2.75) is 0 Å². The van der Waals surface area contributed by atoms with Crippen LogP contribution in [0.5, 0.6) is 0 Å². The molecule has 0 unspecified atom stereocenters. The fraction of sp³-hybridized carbons (Fsp3) is 0.600. The maximum absolute atomic E-state index is 10.6. The molecule has 0 spiro atoms. The molecule has 125 valence electrons. The van der Waals surface area contributed by atoms with Gasteiger partial charge in [0.1, 0.15) is 0 Å². The van der Waals surface area contributed by atoms with Crippen LogP contribution in [0.15, 0.2) is 0 Å². The van der Waals surface area contributed by atoms with Gasteiger partial charge in [-0.1, -0.05) is 0 Å². The minimum absolute atomic E-state index is 0. The average Bonchev–Trinajstić information content (AvgIpc) is 2.22. The van der Waals surface area contributed by atoms with Crippen molar-refractivity contribution >= 4 is 23.9 Å².